The van der Waals surface area contributed by atoms with Crippen LogP contribution in [0.2, 0.25) is 0 Å². The Bertz CT molecular complexity index is 336. The monoisotopic (exact) mass is 245 g/mol. The number of rotatable bonds is 5. The summed E-state index contributed by atoms with van der Waals surface area (Å²) in [5.74, 6) is 0.916. The molecular formula is C17H27N. The van der Waals surface area contributed by atoms with E-state index in [0.29, 0.717) is 5.41 Å². The predicted molar refractivity (Wildman–Crippen MR) is 78.5 cm³/mol. The van der Waals surface area contributed by atoms with Gasteiger partial charge in [0.15, 0.2) is 0 Å². The van der Waals surface area contributed by atoms with Gasteiger partial charge in [0.05, 0.1) is 0 Å². The van der Waals surface area contributed by atoms with Gasteiger partial charge in [0.25, 0.3) is 0 Å². The number of nitrogens with two attached hydrogens (primary N) is 1. The summed E-state index contributed by atoms with van der Waals surface area (Å²) in [4.78, 5) is 0. The van der Waals surface area contributed by atoms with Gasteiger partial charge in [-0.1, -0.05) is 50.1 Å². The van der Waals surface area contributed by atoms with Crippen LogP contribution in [0, 0.1) is 11.3 Å². The summed E-state index contributed by atoms with van der Waals surface area (Å²) in [7, 11) is 0. The van der Waals surface area contributed by atoms with E-state index >= 15 is 0 Å². The van der Waals surface area contributed by atoms with E-state index < -0.39 is 0 Å². The standard InChI is InChI=1S/C17H27N/c1-15-9-12-17(14-18,13-10-15)11-5-8-16-6-3-2-4-7-16/h2-4,6-7,15H,5,8-14,18H2,1H3. The van der Waals surface area contributed by atoms with E-state index in [1.165, 1.54) is 50.5 Å². The molecule has 2 N–H and O–H groups in total. The molecule has 18 heavy (non-hydrogen) atoms. The average Bonchev–Trinajstić information content (AvgIpc) is 2.43. The Morgan fingerprint density at radius 2 is 1.83 bits per heavy atom. The second-order valence-electron chi connectivity index (χ2n) is 6.23. The van der Waals surface area contributed by atoms with E-state index in [2.05, 4.69) is 37.3 Å². The number of aryl methyl sites for hydroxylation is 1. The molecule has 1 saturated carbocycles. The van der Waals surface area contributed by atoms with Gasteiger partial charge >= 0.3 is 0 Å². The van der Waals surface area contributed by atoms with E-state index in [9.17, 15) is 0 Å². The molecule has 0 amide bonds. The lowest BCUT2D eigenvalue weighted by Gasteiger charge is -2.38. The van der Waals surface area contributed by atoms with Gasteiger partial charge in [-0.25, -0.2) is 0 Å². The van der Waals surface area contributed by atoms with Crippen molar-refractivity contribution in [1.82, 2.24) is 0 Å². The van der Waals surface area contributed by atoms with Gasteiger partial charge in [0, 0.05) is 0 Å². The van der Waals surface area contributed by atoms with E-state index in [1.54, 1.807) is 0 Å². The summed E-state index contributed by atoms with van der Waals surface area (Å²) in [5.41, 5.74) is 7.99. The summed E-state index contributed by atoms with van der Waals surface area (Å²) >= 11 is 0. The highest BCUT2D eigenvalue weighted by atomic mass is 14.6. The minimum absolute atomic E-state index is 0.460. The van der Waals surface area contributed by atoms with E-state index in [0.717, 1.165) is 12.5 Å². The average molecular weight is 245 g/mol. The fourth-order valence-electron chi connectivity index (χ4n) is 3.24. The Morgan fingerprint density at radius 1 is 1.17 bits per heavy atom. The zero-order chi connectivity index (χ0) is 12.8. The van der Waals surface area contributed by atoms with Gasteiger partial charge in [-0.2, -0.15) is 0 Å². The van der Waals surface area contributed by atoms with Crippen molar-refractivity contribution in [3.63, 3.8) is 0 Å². The third-order valence-electron chi connectivity index (χ3n) is 4.78. The molecule has 1 aliphatic rings. The normalized spacial score (nSPS) is 28.2. The van der Waals surface area contributed by atoms with Crippen LogP contribution in [0.4, 0.5) is 0 Å². The summed E-state index contributed by atoms with van der Waals surface area (Å²) in [6, 6.07) is 10.8. The smallest absolute Gasteiger partial charge is 0.00205 e. The maximum atomic E-state index is 6.06. The van der Waals surface area contributed by atoms with Crippen LogP contribution in [0.25, 0.3) is 0 Å². The van der Waals surface area contributed by atoms with Crippen LogP contribution >= 0.6 is 0 Å². The number of hydrogen-bond donors (Lipinski definition) is 1. The molecule has 0 radical (unpaired) electrons. The predicted octanol–water partition coefficient (Wildman–Crippen LogP) is 4.16. The Hall–Kier alpha value is -0.820. The molecular weight excluding hydrogens is 218 g/mol. The first kappa shape index (κ1) is 13.6. The van der Waals surface area contributed by atoms with Gasteiger partial charge < -0.3 is 5.73 Å². The second kappa shape index (κ2) is 6.38. The fraction of sp³-hybridized carbons (Fsp3) is 0.647. The molecule has 0 spiro atoms. The number of benzene rings is 1. The molecule has 1 aliphatic carbocycles. The van der Waals surface area contributed by atoms with Crippen molar-refractivity contribution >= 4 is 0 Å². The molecule has 0 heterocycles. The summed E-state index contributed by atoms with van der Waals surface area (Å²) in [6.07, 6.45) is 9.25. The van der Waals surface area contributed by atoms with Crippen molar-refractivity contribution in [3.8, 4) is 0 Å². The van der Waals surface area contributed by atoms with Crippen molar-refractivity contribution in [2.75, 3.05) is 6.54 Å². The number of hydrogen-bond acceptors (Lipinski definition) is 1. The third-order valence-corrected chi connectivity index (χ3v) is 4.78. The van der Waals surface area contributed by atoms with Gasteiger partial charge in [-0.3, -0.25) is 0 Å². The molecule has 1 aromatic carbocycles. The fourth-order valence-corrected chi connectivity index (χ4v) is 3.24. The Balaban J connectivity index is 1.81. The van der Waals surface area contributed by atoms with Gasteiger partial charge in [-0.05, 0) is 55.5 Å². The molecule has 1 fully saturated rings. The first-order valence-corrected chi connectivity index (χ1v) is 7.48. The molecule has 0 bridgehead atoms. The molecule has 1 aromatic rings. The largest absolute Gasteiger partial charge is 0.330 e. The lowest BCUT2D eigenvalue weighted by atomic mass is 9.68. The highest BCUT2D eigenvalue weighted by Crippen LogP contribution is 2.41. The van der Waals surface area contributed by atoms with E-state index in [-0.39, 0.29) is 0 Å². The van der Waals surface area contributed by atoms with Gasteiger partial charge in [0.2, 0.25) is 0 Å². The summed E-state index contributed by atoms with van der Waals surface area (Å²) in [6.45, 7) is 3.26. The first-order valence-electron chi connectivity index (χ1n) is 7.48. The Kier molecular flexibility index (Phi) is 4.82. The Morgan fingerprint density at radius 3 is 2.44 bits per heavy atom. The van der Waals surface area contributed by atoms with Crippen LogP contribution in [0.1, 0.15) is 51.0 Å². The van der Waals surface area contributed by atoms with Crippen LogP contribution in [0.15, 0.2) is 30.3 Å². The van der Waals surface area contributed by atoms with Crippen molar-refractivity contribution in [2.45, 2.75) is 51.9 Å². The lowest BCUT2D eigenvalue weighted by molar-refractivity contribution is 0.148. The molecule has 100 valence electrons. The van der Waals surface area contributed by atoms with Crippen LogP contribution in [-0.4, -0.2) is 6.54 Å². The lowest BCUT2D eigenvalue weighted by Crippen LogP contribution is -2.34. The zero-order valence-electron chi connectivity index (χ0n) is 11.7. The highest BCUT2D eigenvalue weighted by Gasteiger charge is 2.32. The highest BCUT2D eigenvalue weighted by molar-refractivity contribution is 5.14. The summed E-state index contributed by atoms with van der Waals surface area (Å²) < 4.78 is 0. The van der Waals surface area contributed by atoms with Crippen molar-refractivity contribution < 1.29 is 0 Å². The minimum Gasteiger partial charge on any atom is -0.330 e. The third kappa shape index (κ3) is 3.58. The van der Waals surface area contributed by atoms with E-state index in [4.69, 9.17) is 5.73 Å². The molecule has 0 aliphatic heterocycles. The first-order chi connectivity index (χ1) is 8.74. The SMILES string of the molecule is CC1CCC(CN)(CCCc2ccccc2)CC1. The molecule has 1 nitrogen and oxygen atoms in total. The summed E-state index contributed by atoms with van der Waals surface area (Å²) in [5, 5.41) is 0. The molecule has 1 heteroatoms. The maximum Gasteiger partial charge on any atom is -0.00205 e. The molecule has 2 rings (SSSR count). The van der Waals surface area contributed by atoms with Crippen molar-refractivity contribution in [1.29, 1.82) is 0 Å². The minimum atomic E-state index is 0.460. The molecule has 0 atom stereocenters. The van der Waals surface area contributed by atoms with Crippen molar-refractivity contribution in [2.24, 2.45) is 17.1 Å². The van der Waals surface area contributed by atoms with E-state index in [1.807, 2.05) is 0 Å². The van der Waals surface area contributed by atoms with Crippen LogP contribution in [-0.2, 0) is 6.42 Å². The Labute approximate surface area is 112 Å². The van der Waals surface area contributed by atoms with Crippen LogP contribution in [0.5, 0.6) is 0 Å². The molecule has 0 unspecified atom stereocenters. The quantitative estimate of drug-likeness (QED) is 0.828. The van der Waals surface area contributed by atoms with Crippen LogP contribution in [0.3, 0.4) is 0 Å². The second-order valence-corrected chi connectivity index (χ2v) is 6.23. The topological polar surface area (TPSA) is 26.0 Å². The van der Waals surface area contributed by atoms with Crippen LogP contribution < -0.4 is 5.73 Å². The van der Waals surface area contributed by atoms with Gasteiger partial charge in [0.1, 0.15) is 0 Å². The maximum absolute atomic E-state index is 6.06. The van der Waals surface area contributed by atoms with Gasteiger partial charge in [-0.15, -0.1) is 0 Å². The zero-order valence-corrected chi connectivity index (χ0v) is 11.7. The molecule has 0 aromatic heterocycles. The van der Waals surface area contributed by atoms with Crippen molar-refractivity contribution in [3.05, 3.63) is 35.9 Å². The molecule has 0 saturated heterocycles.